The molecule has 1 N–H and O–H groups in total. The first-order chi connectivity index (χ1) is 8.28. The van der Waals surface area contributed by atoms with E-state index in [1.807, 2.05) is 43.6 Å². The van der Waals surface area contributed by atoms with Crippen molar-refractivity contribution in [2.75, 3.05) is 0 Å². The molecule has 88 valence electrons. The number of hydrogen-bond donors (Lipinski definition) is 1. The van der Waals surface area contributed by atoms with Gasteiger partial charge >= 0.3 is 0 Å². The maximum Gasteiger partial charge on any atom is 0.187 e. The summed E-state index contributed by atoms with van der Waals surface area (Å²) in [7, 11) is 0. The van der Waals surface area contributed by atoms with Crippen LogP contribution in [0.2, 0.25) is 0 Å². The van der Waals surface area contributed by atoms with Gasteiger partial charge in [-0.05, 0) is 23.6 Å². The van der Waals surface area contributed by atoms with Crippen LogP contribution >= 0.6 is 11.8 Å². The zero-order chi connectivity index (χ0) is 12.1. The standard InChI is InChI=1S/C13H14N2OS/c1-10-6-14-13(15-7-10)17-9-12-4-2-11(8-16)3-5-12/h2-7,16H,8-9H2,1H3. The fourth-order valence-electron chi connectivity index (χ4n) is 1.34. The predicted molar refractivity (Wildman–Crippen MR) is 68.7 cm³/mol. The average molecular weight is 246 g/mol. The van der Waals surface area contributed by atoms with Gasteiger partial charge in [0.05, 0.1) is 6.61 Å². The van der Waals surface area contributed by atoms with E-state index in [1.165, 1.54) is 5.56 Å². The highest BCUT2D eigenvalue weighted by Gasteiger charge is 1.99. The molecule has 1 aromatic heterocycles. The van der Waals surface area contributed by atoms with Crippen LogP contribution in [0, 0.1) is 6.92 Å². The number of nitrogens with zero attached hydrogens (tertiary/aromatic N) is 2. The lowest BCUT2D eigenvalue weighted by Crippen LogP contribution is -1.89. The van der Waals surface area contributed by atoms with Gasteiger partial charge in [-0.3, -0.25) is 0 Å². The van der Waals surface area contributed by atoms with Crippen LogP contribution < -0.4 is 0 Å². The number of benzene rings is 1. The Morgan fingerprint density at radius 3 is 2.24 bits per heavy atom. The van der Waals surface area contributed by atoms with Crippen LogP contribution in [-0.4, -0.2) is 15.1 Å². The summed E-state index contributed by atoms with van der Waals surface area (Å²) in [5.41, 5.74) is 3.21. The minimum atomic E-state index is 0.0918. The molecule has 0 unspecified atom stereocenters. The number of aliphatic hydroxyl groups is 1. The minimum absolute atomic E-state index is 0.0918. The molecule has 2 rings (SSSR count). The van der Waals surface area contributed by atoms with Crippen molar-refractivity contribution >= 4 is 11.8 Å². The first-order valence-corrected chi connectivity index (χ1v) is 6.36. The van der Waals surface area contributed by atoms with Gasteiger partial charge in [-0.1, -0.05) is 36.0 Å². The highest BCUT2D eigenvalue weighted by molar-refractivity contribution is 7.98. The van der Waals surface area contributed by atoms with E-state index in [4.69, 9.17) is 5.11 Å². The molecule has 0 saturated carbocycles. The van der Waals surface area contributed by atoms with Crippen molar-refractivity contribution < 1.29 is 5.11 Å². The van der Waals surface area contributed by atoms with Crippen LogP contribution in [0.1, 0.15) is 16.7 Å². The Kier molecular flexibility index (Phi) is 4.12. The smallest absolute Gasteiger partial charge is 0.187 e. The quantitative estimate of drug-likeness (QED) is 0.665. The van der Waals surface area contributed by atoms with E-state index < -0.39 is 0 Å². The molecule has 0 aliphatic carbocycles. The number of hydrogen-bond acceptors (Lipinski definition) is 4. The van der Waals surface area contributed by atoms with Gasteiger partial charge in [0, 0.05) is 18.1 Å². The Labute approximate surface area is 105 Å². The minimum Gasteiger partial charge on any atom is -0.392 e. The predicted octanol–water partition coefficient (Wildman–Crippen LogP) is 2.57. The molecule has 0 aliphatic rings. The molecule has 0 bridgehead atoms. The topological polar surface area (TPSA) is 46.0 Å². The molecule has 0 saturated heterocycles. The van der Waals surface area contributed by atoms with E-state index in [1.54, 1.807) is 11.8 Å². The van der Waals surface area contributed by atoms with E-state index in [0.717, 1.165) is 22.0 Å². The van der Waals surface area contributed by atoms with Crippen molar-refractivity contribution in [2.24, 2.45) is 0 Å². The highest BCUT2D eigenvalue weighted by Crippen LogP contribution is 2.19. The Hall–Kier alpha value is -1.39. The summed E-state index contributed by atoms with van der Waals surface area (Å²) in [6, 6.07) is 7.91. The van der Waals surface area contributed by atoms with Gasteiger partial charge in [-0.25, -0.2) is 9.97 Å². The Morgan fingerprint density at radius 1 is 1.06 bits per heavy atom. The maximum atomic E-state index is 8.94. The highest BCUT2D eigenvalue weighted by atomic mass is 32.2. The second-order valence-electron chi connectivity index (χ2n) is 3.81. The van der Waals surface area contributed by atoms with Gasteiger partial charge in [0.25, 0.3) is 0 Å². The average Bonchev–Trinajstić information content (AvgIpc) is 2.39. The summed E-state index contributed by atoms with van der Waals surface area (Å²) >= 11 is 1.61. The second-order valence-corrected chi connectivity index (χ2v) is 4.75. The molecule has 0 atom stereocenters. The molecule has 4 heteroatoms. The molecule has 0 aliphatic heterocycles. The third-order valence-corrected chi connectivity index (χ3v) is 3.28. The fourth-order valence-corrected chi connectivity index (χ4v) is 2.09. The van der Waals surface area contributed by atoms with Crippen molar-refractivity contribution in [3.05, 3.63) is 53.3 Å². The molecule has 0 fully saturated rings. The number of aryl methyl sites for hydroxylation is 1. The van der Waals surface area contributed by atoms with Crippen LogP contribution in [0.4, 0.5) is 0 Å². The lowest BCUT2D eigenvalue weighted by Gasteiger charge is -2.02. The molecule has 1 heterocycles. The molecule has 0 spiro atoms. The molecule has 17 heavy (non-hydrogen) atoms. The zero-order valence-corrected chi connectivity index (χ0v) is 10.4. The monoisotopic (exact) mass is 246 g/mol. The Morgan fingerprint density at radius 2 is 1.65 bits per heavy atom. The number of aromatic nitrogens is 2. The molecular formula is C13H14N2OS. The third-order valence-electron chi connectivity index (χ3n) is 2.33. The van der Waals surface area contributed by atoms with E-state index in [9.17, 15) is 0 Å². The van der Waals surface area contributed by atoms with Gasteiger partial charge in [-0.15, -0.1) is 0 Å². The van der Waals surface area contributed by atoms with Crippen LogP contribution in [0.15, 0.2) is 41.8 Å². The summed E-state index contributed by atoms with van der Waals surface area (Å²) in [5.74, 6) is 0.842. The van der Waals surface area contributed by atoms with Gasteiger partial charge in [0.1, 0.15) is 0 Å². The summed E-state index contributed by atoms with van der Waals surface area (Å²) in [6.07, 6.45) is 3.65. The van der Waals surface area contributed by atoms with Crippen LogP contribution in [0.5, 0.6) is 0 Å². The maximum absolute atomic E-state index is 8.94. The van der Waals surface area contributed by atoms with Crippen LogP contribution in [0.3, 0.4) is 0 Å². The normalized spacial score (nSPS) is 10.5. The number of aliphatic hydroxyl groups excluding tert-OH is 1. The SMILES string of the molecule is Cc1cnc(SCc2ccc(CO)cc2)nc1. The zero-order valence-electron chi connectivity index (χ0n) is 9.63. The first-order valence-electron chi connectivity index (χ1n) is 5.38. The third kappa shape index (κ3) is 3.54. The van der Waals surface area contributed by atoms with Crippen molar-refractivity contribution in [1.82, 2.24) is 9.97 Å². The van der Waals surface area contributed by atoms with Crippen molar-refractivity contribution in [3.63, 3.8) is 0 Å². The molecule has 3 nitrogen and oxygen atoms in total. The number of rotatable bonds is 4. The van der Waals surface area contributed by atoms with Crippen molar-refractivity contribution in [2.45, 2.75) is 24.4 Å². The molecule has 1 aromatic carbocycles. The largest absolute Gasteiger partial charge is 0.392 e. The van der Waals surface area contributed by atoms with Crippen molar-refractivity contribution in [3.8, 4) is 0 Å². The summed E-state index contributed by atoms with van der Waals surface area (Å²) in [5, 5.41) is 9.73. The van der Waals surface area contributed by atoms with Gasteiger partial charge in [-0.2, -0.15) is 0 Å². The molecule has 0 radical (unpaired) electrons. The van der Waals surface area contributed by atoms with Crippen LogP contribution in [0.25, 0.3) is 0 Å². The molecule has 2 aromatic rings. The molecular weight excluding hydrogens is 232 g/mol. The summed E-state index contributed by atoms with van der Waals surface area (Å²) < 4.78 is 0. The van der Waals surface area contributed by atoms with E-state index in [2.05, 4.69) is 9.97 Å². The summed E-state index contributed by atoms with van der Waals surface area (Å²) in [6.45, 7) is 2.07. The van der Waals surface area contributed by atoms with Gasteiger partial charge in [0.15, 0.2) is 5.16 Å². The van der Waals surface area contributed by atoms with Gasteiger partial charge < -0.3 is 5.11 Å². The lowest BCUT2D eigenvalue weighted by molar-refractivity contribution is 0.282. The van der Waals surface area contributed by atoms with E-state index in [-0.39, 0.29) is 6.61 Å². The fraction of sp³-hybridized carbons (Fsp3) is 0.231. The first kappa shape index (κ1) is 12.1. The van der Waals surface area contributed by atoms with E-state index >= 15 is 0 Å². The van der Waals surface area contributed by atoms with Crippen molar-refractivity contribution in [1.29, 1.82) is 0 Å². The Balaban J connectivity index is 1.95. The Bertz CT molecular complexity index is 468. The summed E-state index contributed by atoms with van der Waals surface area (Å²) in [4.78, 5) is 8.48. The van der Waals surface area contributed by atoms with E-state index in [0.29, 0.717) is 0 Å². The lowest BCUT2D eigenvalue weighted by atomic mass is 10.2. The second kappa shape index (κ2) is 5.80. The number of thioether (sulfide) groups is 1. The van der Waals surface area contributed by atoms with Crippen LogP contribution in [-0.2, 0) is 12.4 Å². The van der Waals surface area contributed by atoms with Gasteiger partial charge in [0.2, 0.25) is 0 Å². The molecule has 0 amide bonds.